The fourth-order valence-corrected chi connectivity index (χ4v) is 7.66. The van der Waals surface area contributed by atoms with Crippen molar-refractivity contribution in [2.24, 2.45) is 0 Å². The highest BCUT2D eigenvalue weighted by atomic mass is 16.8. The van der Waals surface area contributed by atoms with Crippen molar-refractivity contribution in [1.82, 2.24) is 10.6 Å². The SMILES string of the molecule is COC(=O)CCCCCCCCO[C@@H]1OC(CO)[C@H](O)C(OC2OC(CO)[C@@H](O)C(O[C@]3(C(=O)O)CC(O)[C@@H](NC(C)=O)C(C(O)C(O)CO)O3)C2O)C1NC(=O)c1ccccc1. The molecule has 0 radical (unpaired) electrons. The Balaban J connectivity index is 1.60. The maximum absolute atomic E-state index is 13.6. The molecule has 4 rings (SSSR count). The zero-order valence-corrected chi connectivity index (χ0v) is 35.0. The molecule has 3 saturated heterocycles. The van der Waals surface area contributed by atoms with Crippen molar-refractivity contribution in [1.29, 1.82) is 0 Å². The zero-order chi connectivity index (χ0) is 46.4. The fourth-order valence-electron chi connectivity index (χ4n) is 7.66. The van der Waals surface area contributed by atoms with Crippen LogP contribution in [0.3, 0.4) is 0 Å². The van der Waals surface area contributed by atoms with Gasteiger partial charge in [-0.25, -0.2) is 4.79 Å². The molecule has 3 heterocycles. The number of nitrogens with one attached hydrogen (secondary N) is 2. The molecule has 3 aliphatic heterocycles. The van der Waals surface area contributed by atoms with Gasteiger partial charge in [0.15, 0.2) is 12.6 Å². The van der Waals surface area contributed by atoms with E-state index in [4.69, 9.17) is 28.4 Å². The molecule has 3 aliphatic rings. The Morgan fingerprint density at radius 1 is 0.810 bits per heavy atom. The summed E-state index contributed by atoms with van der Waals surface area (Å²) in [5.74, 6) is -6.77. The summed E-state index contributed by atoms with van der Waals surface area (Å²) in [4.78, 5) is 49.9. The van der Waals surface area contributed by atoms with Crippen LogP contribution in [-0.4, -0.2) is 206 Å². The number of amides is 2. The van der Waals surface area contributed by atoms with E-state index in [1.54, 1.807) is 18.2 Å². The molecular formula is C40H62N2O21. The molecule has 0 saturated carbocycles. The van der Waals surface area contributed by atoms with Crippen molar-refractivity contribution in [2.45, 2.75) is 156 Å². The molecule has 1 aromatic carbocycles. The number of ether oxygens (including phenoxy) is 7. The summed E-state index contributed by atoms with van der Waals surface area (Å²) in [6.45, 7) is -1.73. The number of carboxylic acid groups (broad SMARTS) is 1. The summed E-state index contributed by atoms with van der Waals surface area (Å²) < 4.78 is 39.9. The van der Waals surface area contributed by atoms with Gasteiger partial charge < -0.3 is 94.9 Å². The number of hydrogen-bond donors (Lipinski definition) is 12. The molecule has 0 aromatic heterocycles. The second kappa shape index (κ2) is 24.7. The van der Waals surface area contributed by atoms with Crippen LogP contribution in [0.4, 0.5) is 0 Å². The lowest BCUT2D eigenvalue weighted by atomic mass is 9.88. The third kappa shape index (κ3) is 13.5. The van der Waals surface area contributed by atoms with E-state index in [-0.39, 0.29) is 18.1 Å². The van der Waals surface area contributed by atoms with Crippen molar-refractivity contribution in [3.05, 3.63) is 35.9 Å². The Morgan fingerprint density at radius 3 is 2.00 bits per heavy atom. The van der Waals surface area contributed by atoms with Crippen molar-refractivity contribution in [3.63, 3.8) is 0 Å². The van der Waals surface area contributed by atoms with Crippen molar-refractivity contribution in [3.8, 4) is 0 Å². The van der Waals surface area contributed by atoms with Crippen LogP contribution < -0.4 is 10.6 Å². The highest BCUT2D eigenvalue weighted by Crippen LogP contribution is 2.38. The van der Waals surface area contributed by atoms with Gasteiger partial charge in [-0.2, -0.15) is 0 Å². The van der Waals surface area contributed by atoms with Gasteiger partial charge in [0.05, 0.1) is 39.1 Å². The third-order valence-corrected chi connectivity index (χ3v) is 11.1. The topological polar surface area (TPSA) is 359 Å². The Labute approximate surface area is 362 Å². The summed E-state index contributed by atoms with van der Waals surface area (Å²) in [5, 5.41) is 112. The molecule has 11 unspecified atom stereocenters. The average Bonchev–Trinajstić information content (AvgIpc) is 3.27. The average molecular weight is 907 g/mol. The van der Waals surface area contributed by atoms with Gasteiger partial charge in [0.1, 0.15) is 67.1 Å². The summed E-state index contributed by atoms with van der Waals surface area (Å²) in [7, 11) is 1.33. The largest absolute Gasteiger partial charge is 0.477 e. The van der Waals surface area contributed by atoms with Crippen molar-refractivity contribution in [2.75, 3.05) is 33.5 Å². The minimum atomic E-state index is -3.07. The van der Waals surface area contributed by atoms with E-state index in [9.17, 15) is 70.2 Å². The first kappa shape index (κ1) is 52.1. The number of rotatable bonds is 23. The molecule has 23 nitrogen and oxygen atoms in total. The summed E-state index contributed by atoms with van der Waals surface area (Å²) in [6, 6.07) is 4.89. The number of carbonyl (C=O) groups is 4. The smallest absolute Gasteiger partial charge is 0.364 e. The molecule has 12 N–H and O–H groups in total. The molecule has 3 fully saturated rings. The first-order valence-electron chi connectivity index (χ1n) is 20.8. The first-order valence-corrected chi connectivity index (χ1v) is 20.8. The predicted octanol–water partition coefficient (Wildman–Crippen LogP) is -3.86. The lowest BCUT2D eigenvalue weighted by molar-refractivity contribution is -0.381. The third-order valence-electron chi connectivity index (χ3n) is 11.1. The molecule has 0 aliphatic carbocycles. The van der Waals surface area contributed by atoms with Gasteiger partial charge in [-0.05, 0) is 25.0 Å². The molecule has 16 atom stereocenters. The van der Waals surface area contributed by atoms with E-state index in [1.165, 1.54) is 19.2 Å². The van der Waals surface area contributed by atoms with Crippen LogP contribution in [-0.2, 0) is 47.5 Å². The van der Waals surface area contributed by atoms with Gasteiger partial charge in [0.2, 0.25) is 5.91 Å². The standard InChI is InChI=1S/C40H62N2O21/c1-20(46)41-27-22(47)16-40(39(55)56,62-34(27)29(50)23(48)17-43)63-35-31(52)25(19-45)60-38(32(35)53)61-33-28(42-36(54)21-12-8-7-9-13-21)37(59-24(18-44)30(33)51)58-15-11-6-4-3-5-10-14-26(49)57-2/h7-9,12-13,22-25,27-35,37-38,43-45,47-48,50-53H,3-6,10-11,14-19H2,1-2H3,(H,41,46)(H,42,54)(H,55,56)/t22?,23?,24?,25?,27-,28?,29?,30+,31-,32?,33?,34?,35?,37-,38?,40+/m1/s1. The highest BCUT2D eigenvalue weighted by Gasteiger charge is 2.60. The van der Waals surface area contributed by atoms with Crippen molar-refractivity contribution < 1.29 is 103 Å². The van der Waals surface area contributed by atoms with Crippen LogP contribution in [0.2, 0.25) is 0 Å². The number of esters is 1. The van der Waals surface area contributed by atoms with Crippen LogP contribution in [0, 0.1) is 0 Å². The predicted molar refractivity (Wildman–Crippen MR) is 210 cm³/mol. The van der Waals surface area contributed by atoms with E-state index in [0.717, 1.165) is 26.2 Å². The maximum Gasteiger partial charge on any atom is 0.364 e. The normalized spacial score (nSPS) is 34.4. The number of methoxy groups -OCH3 is 1. The molecule has 358 valence electrons. The Morgan fingerprint density at radius 2 is 1.41 bits per heavy atom. The summed E-state index contributed by atoms with van der Waals surface area (Å²) in [5.41, 5.74) is 0.177. The van der Waals surface area contributed by atoms with E-state index in [0.29, 0.717) is 25.7 Å². The monoisotopic (exact) mass is 906 g/mol. The molecule has 2 amide bonds. The van der Waals surface area contributed by atoms with Crippen LogP contribution in [0.15, 0.2) is 30.3 Å². The number of carbonyl (C=O) groups excluding carboxylic acids is 3. The molecular weight excluding hydrogens is 844 g/mol. The Bertz CT molecular complexity index is 1600. The van der Waals surface area contributed by atoms with Crippen LogP contribution in [0.25, 0.3) is 0 Å². The number of carboxylic acids is 1. The number of unbranched alkanes of at least 4 members (excludes halogenated alkanes) is 5. The quantitative estimate of drug-likeness (QED) is 0.0369. The van der Waals surface area contributed by atoms with E-state index in [2.05, 4.69) is 15.4 Å². The van der Waals surface area contributed by atoms with Gasteiger partial charge in [0, 0.05) is 31.9 Å². The van der Waals surface area contributed by atoms with Gasteiger partial charge in [-0.15, -0.1) is 0 Å². The van der Waals surface area contributed by atoms with Crippen LogP contribution >= 0.6 is 0 Å². The van der Waals surface area contributed by atoms with Gasteiger partial charge in [-0.1, -0.05) is 43.9 Å². The lowest BCUT2D eigenvalue weighted by Crippen LogP contribution is -2.71. The number of aliphatic carboxylic acids is 1. The summed E-state index contributed by atoms with van der Waals surface area (Å²) in [6.07, 6.45) is -20.8. The van der Waals surface area contributed by atoms with Crippen molar-refractivity contribution >= 4 is 23.8 Å². The van der Waals surface area contributed by atoms with E-state index < -0.39 is 142 Å². The number of benzene rings is 1. The minimum absolute atomic E-state index is 0.0691. The molecule has 63 heavy (non-hydrogen) atoms. The Kier molecular flexibility index (Phi) is 20.4. The zero-order valence-electron chi connectivity index (χ0n) is 35.0. The highest BCUT2D eigenvalue weighted by molar-refractivity contribution is 5.94. The molecule has 1 aromatic rings. The number of aliphatic hydroxyl groups is 9. The molecule has 0 bridgehead atoms. The van der Waals surface area contributed by atoms with Crippen LogP contribution in [0.5, 0.6) is 0 Å². The minimum Gasteiger partial charge on any atom is -0.477 e. The second-order valence-electron chi connectivity index (χ2n) is 15.7. The summed E-state index contributed by atoms with van der Waals surface area (Å²) >= 11 is 0. The van der Waals surface area contributed by atoms with Gasteiger partial charge >= 0.3 is 11.9 Å². The van der Waals surface area contributed by atoms with E-state index >= 15 is 0 Å². The van der Waals surface area contributed by atoms with Crippen LogP contribution in [0.1, 0.15) is 68.6 Å². The second-order valence-corrected chi connectivity index (χ2v) is 15.7. The first-order chi connectivity index (χ1) is 30.0. The van der Waals surface area contributed by atoms with E-state index in [1.807, 2.05) is 0 Å². The maximum atomic E-state index is 13.6. The van der Waals surface area contributed by atoms with Gasteiger partial charge in [-0.3, -0.25) is 14.4 Å². The number of aliphatic hydroxyl groups excluding tert-OH is 9. The Hall–Kier alpha value is -3.50. The molecule has 23 heteroatoms. The molecule has 0 spiro atoms. The number of hydrogen-bond acceptors (Lipinski definition) is 20. The van der Waals surface area contributed by atoms with Gasteiger partial charge in [0.25, 0.3) is 11.7 Å². The lowest BCUT2D eigenvalue weighted by Gasteiger charge is -2.51. The fraction of sp³-hybridized carbons (Fsp3) is 0.750.